The number of aromatic amines is 1. The third-order valence-electron chi connectivity index (χ3n) is 1.62. The second-order valence-corrected chi connectivity index (χ2v) is 5.03. The van der Waals surface area contributed by atoms with Crippen LogP contribution in [-0.2, 0) is 0 Å². The molecule has 0 aliphatic rings. The molecule has 0 atom stereocenters. The van der Waals surface area contributed by atoms with E-state index >= 15 is 0 Å². The summed E-state index contributed by atoms with van der Waals surface area (Å²) >= 11 is 2.14. The molecule has 0 aliphatic heterocycles. The van der Waals surface area contributed by atoms with Crippen molar-refractivity contribution in [2.24, 2.45) is 0 Å². The topological polar surface area (TPSA) is 53.1 Å². The lowest BCUT2D eigenvalue weighted by Gasteiger charge is -1.97. The molecule has 2 N–H and O–H groups in total. The molecule has 78 valence electrons. The third kappa shape index (κ3) is 2.40. The van der Waals surface area contributed by atoms with Crippen molar-refractivity contribution >= 4 is 23.1 Å². The first-order valence-corrected chi connectivity index (χ1v) is 5.64. The van der Waals surface area contributed by atoms with E-state index in [4.69, 9.17) is 0 Å². The van der Waals surface area contributed by atoms with Crippen molar-refractivity contribution in [3.8, 4) is 5.88 Å². The summed E-state index contributed by atoms with van der Waals surface area (Å²) in [4.78, 5) is 13.6. The molecule has 0 aliphatic carbocycles. The van der Waals surface area contributed by atoms with Gasteiger partial charge in [-0.25, -0.2) is 4.39 Å². The average molecular weight is 243 g/mol. The van der Waals surface area contributed by atoms with Crippen LogP contribution in [0.15, 0.2) is 38.2 Å². The molecule has 0 amide bonds. The number of nitrogens with one attached hydrogen (secondary N) is 1. The number of hydrogen-bond donors (Lipinski definition) is 2. The molecule has 0 saturated heterocycles. The molecule has 0 bridgehead atoms. The number of aromatic hydroxyl groups is 1. The van der Waals surface area contributed by atoms with Gasteiger partial charge in [-0.05, 0) is 24.3 Å². The minimum Gasteiger partial charge on any atom is -0.493 e. The van der Waals surface area contributed by atoms with Crippen molar-refractivity contribution in [2.45, 2.75) is 9.10 Å². The molecule has 15 heavy (non-hydrogen) atoms. The molecular formula is C9H6FNO2S2. The second-order valence-electron chi connectivity index (χ2n) is 2.71. The maximum Gasteiger partial charge on any atom is 0.308 e. The lowest BCUT2D eigenvalue weighted by Crippen LogP contribution is -1.89. The van der Waals surface area contributed by atoms with Crippen LogP contribution in [-0.4, -0.2) is 10.1 Å². The predicted molar refractivity (Wildman–Crippen MR) is 57.1 cm³/mol. The van der Waals surface area contributed by atoms with Crippen LogP contribution in [0, 0.1) is 5.82 Å². The van der Waals surface area contributed by atoms with Crippen molar-refractivity contribution in [1.29, 1.82) is 0 Å². The van der Waals surface area contributed by atoms with Gasteiger partial charge < -0.3 is 5.11 Å². The maximum atomic E-state index is 12.6. The van der Waals surface area contributed by atoms with Crippen LogP contribution in [0.5, 0.6) is 5.88 Å². The average Bonchev–Trinajstić information content (AvgIpc) is 2.49. The first-order valence-electron chi connectivity index (χ1n) is 4.00. The van der Waals surface area contributed by atoms with Crippen molar-refractivity contribution < 1.29 is 9.50 Å². The van der Waals surface area contributed by atoms with Gasteiger partial charge in [-0.3, -0.25) is 9.78 Å². The molecule has 0 fully saturated rings. The number of H-pyrrole nitrogens is 1. The zero-order valence-corrected chi connectivity index (χ0v) is 8.99. The molecule has 1 aromatic heterocycles. The Kier molecular flexibility index (Phi) is 2.79. The summed E-state index contributed by atoms with van der Waals surface area (Å²) in [6.45, 7) is 0. The highest BCUT2D eigenvalue weighted by Gasteiger charge is 2.08. The largest absolute Gasteiger partial charge is 0.493 e. The van der Waals surface area contributed by atoms with E-state index in [9.17, 15) is 14.3 Å². The Morgan fingerprint density at radius 1 is 1.33 bits per heavy atom. The van der Waals surface area contributed by atoms with Crippen LogP contribution in [0.25, 0.3) is 0 Å². The predicted octanol–water partition coefficient (Wildman–Crippen LogP) is 2.43. The van der Waals surface area contributed by atoms with E-state index in [1.54, 1.807) is 12.1 Å². The fraction of sp³-hybridized carbons (Fsp3) is 0. The minimum atomic E-state index is -0.314. The summed E-state index contributed by atoms with van der Waals surface area (Å²) in [6.07, 6.45) is 0. The van der Waals surface area contributed by atoms with Gasteiger partial charge in [-0.15, -0.1) is 0 Å². The molecule has 2 rings (SSSR count). The fourth-order valence-corrected chi connectivity index (χ4v) is 2.76. The van der Waals surface area contributed by atoms with Crippen LogP contribution in [0.2, 0.25) is 0 Å². The molecule has 6 heteroatoms. The van der Waals surface area contributed by atoms with Crippen molar-refractivity contribution in [1.82, 2.24) is 4.98 Å². The van der Waals surface area contributed by atoms with Gasteiger partial charge >= 0.3 is 4.87 Å². The monoisotopic (exact) mass is 243 g/mol. The van der Waals surface area contributed by atoms with Crippen LogP contribution in [0.3, 0.4) is 0 Å². The molecule has 0 spiro atoms. The van der Waals surface area contributed by atoms with E-state index in [0.717, 1.165) is 16.2 Å². The standard InChI is InChI=1S/C9H6FNO2S2/c10-5-1-3-6(4-2-5)14-8-7(12)11-9(13)15-8/h1-4,12H,(H,11,13). The molecule has 0 saturated carbocycles. The summed E-state index contributed by atoms with van der Waals surface area (Å²) in [6, 6.07) is 5.83. The minimum absolute atomic E-state index is 0.140. The Hall–Kier alpha value is -1.27. The van der Waals surface area contributed by atoms with Crippen molar-refractivity contribution in [3.63, 3.8) is 0 Å². The Bertz CT molecular complexity index is 518. The second kappa shape index (κ2) is 4.08. The Labute approximate surface area is 92.6 Å². The first kappa shape index (κ1) is 10.3. The number of rotatable bonds is 2. The van der Waals surface area contributed by atoms with E-state index in [1.807, 2.05) is 0 Å². The number of thiazole rings is 1. The lowest BCUT2D eigenvalue weighted by atomic mass is 10.4. The molecule has 2 aromatic rings. The van der Waals surface area contributed by atoms with E-state index in [2.05, 4.69) is 4.98 Å². The third-order valence-corrected chi connectivity index (χ3v) is 3.68. The highest BCUT2D eigenvalue weighted by Crippen LogP contribution is 2.34. The molecule has 0 radical (unpaired) electrons. The summed E-state index contributed by atoms with van der Waals surface area (Å²) in [7, 11) is 0. The Morgan fingerprint density at radius 2 is 2.00 bits per heavy atom. The smallest absolute Gasteiger partial charge is 0.308 e. The van der Waals surface area contributed by atoms with Gasteiger partial charge in [0.05, 0.1) is 0 Å². The highest BCUT2D eigenvalue weighted by molar-refractivity contribution is 8.01. The summed E-state index contributed by atoms with van der Waals surface area (Å²) < 4.78 is 13.1. The van der Waals surface area contributed by atoms with Crippen LogP contribution in [0.1, 0.15) is 0 Å². The number of benzene rings is 1. The van der Waals surface area contributed by atoms with E-state index in [-0.39, 0.29) is 16.6 Å². The van der Waals surface area contributed by atoms with Crippen LogP contribution in [0.4, 0.5) is 4.39 Å². The van der Waals surface area contributed by atoms with Gasteiger partial charge in [0.15, 0.2) is 0 Å². The number of aromatic nitrogens is 1. The highest BCUT2D eigenvalue weighted by atomic mass is 32.2. The fourth-order valence-electron chi connectivity index (χ4n) is 0.985. The SMILES string of the molecule is O=c1[nH]c(O)c(Sc2ccc(F)cc2)s1. The first-order chi connectivity index (χ1) is 7.15. The maximum absolute atomic E-state index is 12.6. The van der Waals surface area contributed by atoms with E-state index in [0.29, 0.717) is 4.21 Å². The quantitative estimate of drug-likeness (QED) is 0.851. The van der Waals surface area contributed by atoms with Gasteiger partial charge in [0.2, 0.25) is 5.88 Å². The van der Waals surface area contributed by atoms with Gasteiger partial charge in [0.1, 0.15) is 10.0 Å². The van der Waals surface area contributed by atoms with Crippen LogP contribution >= 0.6 is 23.1 Å². The van der Waals surface area contributed by atoms with Gasteiger partial charge in [0.25, 0.3) is 0 Å². The van der Waals surface area contributed by atoms with Gasteiger partial charge in [-0.1, -0.05) is 23.1 Å². The molecule has 0 unspecified atom stereocenters. The van der Waals surface area contributed by atoms with Crippen molar-refractivity contribution in [2.75, 3.05) is 0 Å². The lowest BCUT2D eigenvalue weighted by molar-refractivity contribution is 0.445. The normalized spacial score (nSPS) is 10.5. The van der Waals surface area contributed by atoms with Crippen LogP contribution < -0.4 is 4.87 Å². The number of halogens is 1. The molecule has 1 heterocycles. The summed E-state index contributed by atoms with van der Waals surface area (Å²) in [5, 5.41) is 9.31. The van der Waals surface area contributed by atoms with E-state index in [1.165, 1.54) is 23.9 Å². The van der Waals surface area contributed by atoms with Gasteiger partial charge in [-0.2, -0.15) is 0 Å². The zero-order valence-electron chi connectivity index (χ0n) is 7.36. The van der Waals surface area contributed by atoms with E-state index < -0.39 is 0 Å². The number of hydrogen-bond acceptors (Lipinski definition) is 4. The van der Waals surface area contributed by atoms with Crippen molar-refractivity contribution in [3.05, 3.63) is 39.8 Å². The Balaban J connectivity index is 2.25. The summed E-state index contributed by atoms with van der Waals surface area (Å²) in [5.41, 5.74) is 0. The molecule has 3 nitrogen and oxygen atoms in total. The molecule has 1 aromatic carbocycles. The zero-order chi connectivity index (χ0) is 10.8. The van der Waals surface area contributed by atoms with Gasteiger partial charge in [0, 0.05) is 4.90 Å². The molecular weight excluding hydrogens is 237 g/mol. The Morgan fingerprint density at radius 3 is 2.53 bits per heavy atom. The summed E-state index contributed by atoms with van der Waals surface area (Å²) in [5.74, 6) is -0.454.